The number of nitrogens with one attached hydrogen (secondary N) is 1. The highest BCUT2D eigenvalue weighted by molar-refractivity contribution is 5.62. The number of rotatable bonds is 4. The van der Waals surface area contributed by atoms with E-state index in [1.165, 1.54) is 6.07 Å². The van der Waals surface area contributed by atoms with E-state index in [2.05, 4.69) is 36.6 Å². The molecule has 2 aliphatic heterocycles. The Morgan fingerprint density at radius 2 is 1.78 bits per heavy atom. The number of hydrogen-bond acceptors (Lipinski definition) is 7. The topological polar surface area (TPSA) is 81.2 Å². The molecule has 144 valence electrons. The first-order valence-electron chi connectivity index (χ1n) is 9.81. The van der Waals surface area contributed by atoms with Gasteiger partial charge in [-0.1, -0.05) is 6.92 Å². The maximum atomic E-state index is 12.2. The van der Waals surface area contributed by atoms with Gasteiger partial charge in [-0.2, -0.15) is 0 Å². The number of hydrogen-bond donors (Lipinski definition) is 1. The Bertz CT molecular complexity index is 851. The first kappa shape index (κ1) is 17.9. The molecule has 2 aromatic rings. The molecule has 2 aromatic heterocycles. The molecule has 2 fully saturated rings. The quantitative estimate of drug-likeness (QED) is 0.869. The average Bonchev–Trinajstić information content (AvgIpc) is 3.22. The zero-order valence-corrected chi connectivity index (χ0v) is 16.1. The van der Waals surface area contributed by atoms with Crippen LogP contribution in [0.5, 0.6) is 0 Å². The van der Waals surface area contributed by atoms with Crippen LogP contribution in [0.15, 0.2) is 17.1 Å². The maximum Gasteiger partial charge on any atom is 0.252 e. The van der Waals surface area contributed by atoms with Crippen molar-refractivity contribution in [3.63, 3.8) is 0 Å². The lowest BCUT2D eigenvalue weighted by molar-refractivity contribution is 0.270. The molecule has 1 N–H and O–H groups in total. The molecule has 0 bridgehead atoms. The summed E-state index contributed by atoms with van der Waals surface area (Å²) >= 11 is 0. The molecule has 2 aliphatic rings. The van der Waals surface area contributed by atoms with Gasteiger partial charge in [0.05, 0.1) is 11.4 Å². The highest BCUT2D eigenvalue weighted by Crippen LogP contribution is 2.23. The summed E-state index contributed by atoms with van der Waals surface area (Å²) in [5.74, 6) is 1.41. The number of aryl methyl sites for hydroxylation is 1. The van der Waals surface area contributed by atoms with Crippen molar-refractivity contribution in [2.24, 2.45) is 0 Å². The van der Waals surface area contributed by atoms with Crippen molar-refractivity contribution >= 4 is 11.9 Å². The van der Waals surface area contributed by atoms with Crippen LogP contribution in [0.25, 0.3) is 11.3 Å². The van der Waals surface area contributed by atoms with Gasteiger partial charge in [-0.05, 0) is 26.3 Å². The van der Waals surface area contributed by atoms with E-state index in [9.17, 15) is 4.79 Å². The molecule has 0 aliphatic carbocycles. The molecule has 0 unspecified atom stereocenters. The van der Waals surface area contributed by atoms with Crippen molar-refractivity contribution in [3.05, 3.63) is 28.3 Å². The van der Waals surface area contributed by atoms with Crippen LogP contribution in [-0.4, -0.2) is 70.6 Å². The minimum atomic E-state index is -0.138. The molecule has 0 saturated carbocycles. The summed E-state index contributed by atoms with van der Waals surface area (Å²) in [6.07, 6.45) is 4.07. The van der Waals surface area contributed by atoms with E-state index in [-0.39, 0.29) is 5.56 Å². The monoisotopic (exact) mass is 369 g/mol. The molecule has 2 saturated heterocycles. The Hall–Kier alpha value is -2.48. The van der Waals surface area contributed by atoms with Gasteiger partial charge in [-0.3, -0.25) is 9.78 Å². The zero-order chi connectivity index (χ0) is 18.8. The zero-order valence-electron chi connectivity index (χ0n) is 16.1. The van der Waals surface area contributed by atoms with E-state index >= 15 is 0 Å². The van der Waals surface area contributed by atoms with Gasteiger partial charge in [0.15, 0.2) is 0 Å². The van der Waals surface area contributed by atoms with Gasteiger partial charge < -0.3 is 14.7 Å². The molecule has 0 spiro atoms. The molecule has 0 radical (unpaired) electrons. The number of anilines is 2. The van der Waals surface area contributed by atoms with Gasteiger partial charge in [0.2, 0.25) is 11.9 Å². The van der Waals surface area contributed by atoms with Crippen LogP contribution in [-0.2, 0) is 0 Å². The number of nitrogens with zero attached hydrogens (tertiary/aromatic N) is 6. The second-order valence-corrected chi connectivity index (χ2v) is 7.24. The summed E-state index contributed by atoms with van der Waals surface area (Å²) in [4.78, 5) is 35.8. The van der Waals surface area contributed by atoms with Crippen molar-refractivity contribution in [2.45, 2.75) is 26.7 Å². The fraction of sp³-hybridized carbons (Fsp3) is 0.579. The van der Waals surface area contributed by atoms with E-state index in [1.54, 1.807) is 6.20 Å². The molecule has 0 atom stereocenters. The molecule has 0 aromatic carbocycles. The Kier molecular flexibility index (Phi) is 5.07. The van der Waals surface area contributed by atoms with Crippen molar-refractivity contribution in [3.8, 4) is 11.3 Å². The molecule has 4 heterocycles. The highest BCUT2D eigenvalue weighted by atomic mass is 16.1. The largest absolute Gasteiger partial charge is 0.342 e. The predicted molar refractivity (Wildman–Crippen MR) is 106 cm³/mol. The molecule has 27 heavy (non-hydrogen) atoms. The van der Waals surface area contributed by atoms with Crippen molar-refractivity contribution < 1.29 is 0 Å². The lowest BCUT2D eigenvalue weighted by atomic mass is 10.1. The second-order valence-electron chi connectivity index (χ2n) is 7.24. The predicted octanol–water partition coefficient (Wildman–Crippen LogP) is 1.28. The maximum absolute atomic E-state index is 12.2. The van der Waals surface area contributed by atoms with Crippen molar-refractivity contribution in [2.75, 3.05) is 55.6 Å². The van der Waals surface area contributed by atoms with Gasteiger partial charge in [-0.25, -0.2) is 15.0 Å². The van der Waals surface area contributed by atoms with E-state index in [4.69, 9.17) is 4.98 Å². The van der Waals surface area contributed by atoms with Gasteiger partial charge in [-0.15, -0.1) is 0 Å². The Morgan fingerprint density at radius 3 is 2.44 bits per heavy atom. The summed E-state index contributed by atoms with van der Waals surface area (Å²) in [6, 6.07) is 1.53. The molecule has 0 amide bonds. The molecule has 4 rings (SSSR count). The summed E-state index contributed by atoms with van der Waals surface area (Å²) in [5.41, 5.74) is 2.17. The van der Waals surface area contributed by atoms with Crippen LogP contribution in [0, 0.1) is 6.92 Å². The number of aromatic nitrogens is 4. The Balaban J connectivity index is 1.59. The van der Waals surface area contributed by atoms with Gasteiger partial charge in [0.1, 0.15) is 0 Å². The standard InChI is InChI=1S/C19H27N7O/c1-3-24-8-10-26(11-9-24)18-20-13-15(14(2)21-18)16-12-17(27)23-19(22-16)25-6-4-5-7-25/h12-13H,3-11H2,1-2H3,(H,22,23,27). The van der Waals surface area contributed by atoms with Crippen molar-refractivity contribution in [1.29, 1.82) is 0 Å². The SMILES string of the molecule is CCN1CCN(c2ncc(-c3cc(=O)[nH]c(N4CCCC4)n3)c(C)n2)CC1. The number of H-pyrrole nitrogens is 1. The van der Waals surface area contributed by atoms with Gasteiger partial charge in [0, 0.05) is 57.1 Å². The van der Waals surface area contributed by atoms with Crippen LogP contribution in [0.3, 0.4) is 0 Å². The highest BCUT2D eigenvalue weighted by Gasteiger charge is 2.20. The summed E-state index contributed by atoms with van der Waals surface area (Å²) in [7, 11) is 0. The number of piperazine rings is 1. The van der Waals surface area contributed by atoms with E-state index in [1.807, 2.05) is 6.92 Å². The Morgan fingerprint density at radius 1 is 1.04 bits per heavy atom. The van der Waals surface area contributed by atoms with Gasteiger partial charge >= 0.3 is 0 Å². The fourth-order valence-electron chi connectivity index (χ4n) is 3.78. The number of likely N-dealkylation sites (N-methyl/N-ethyl adjacent to an activating group) is 1. The summed E-state index contributed by atoms with van der Waals surface area (Å²) in [6.45, 7) is 11.1. The first-order chi connectivity index (χ1) is 13.1. The van der Waals surface area contributed by atoms with E-state index in [0.717, 1.165) is 75.9 Å². The van der Waals surface area contributed by atoms with Crippen LogP contribution in [0.1, 0.15) is 25.5 Å². The van der Waals surface area contributed by atoms with E-state index < -0.39 is 0 Å². The average molecular weight is 369 g/mol. The number of aromatic amines is 1. The third-order valence-electron chi connectivity index (χ3n) is 5.48. The molecular formula is C19H27N7O. The molecule has 8 heteroatoms. The fourth-order valence-corrected chi connectivity index (χ4v) is 3.78. The van der Waals surface area contributed by atoms with Crippen LogP contribution in [0.2, 0.25) is 0 Å². The lowest BCUT2D eigenvalue weighted by Gasteiger charge is -2.34. The minimum absolute atomic E-state index is 0.138. The van der Waals surface area contributed by atoms with Crippen LogP contribution < -0.4 is 15.4 Å². The van der Waals surface area contributed by atoms with E-state index in [0.29, 0.717) is 11.6 Å². The Labute approximate surface area is 159 Å². The van der Waals surface area contributed by atoms with Crippen molar-refractivity contribution in [1.82, 2.24) is 24.8 Å². The first-order valence-corrected chi connectivity index (χ1v) is 9.81. The third kappa shape index (κ3) is 3.80. The molecular weight excluding hydrogens is 342 g/mol. The van der Waals surface area contributed by atoms with Crippen LogP contribution in [0.4, 0.5) is 11.9 Å². The third-order valence-corrected chi connectivity index (χ3v) is 5.48. The second kappa shape index (κ2) is 7.64. The minimum Gasteiger partial charge on any atom is -0.342 e. The normalized spacial score (nSPS) is 18.3. The van der Waals surface area contributed by atoms with Crippen LogP contribution >= 0.6 is 0 Å². The lowest BCUT2D eigenvalue weighted by Crippen LogP contribution is -2.46. The summed E-state index contributed by atoms with van der Waals surface area (Å²) < 4.78 is 0. The smallest absolute Gasteiger partial charge is 0.252 e. The molecule has 8 nitrogen and oxygen atoms in total. The summed E-state index contributed by atoms with van der Waals surface area (Å²) in [5, 5.41) is 0. The van der Waals surface area contributed by atoms with Gasteiger partial charge in [0.25, 0.3) is 5.56 Å².